The first-order valence-corrected chi connectivity index (χ1v) is 8.95. The lowest BCUT2D eigenvalue weighted by molar-refractivity contribution is 0.145. The summed E-state index contributed by atoms with van der Waals surface area (Å²) in [7, 11) is 5.09. The number of hydrogen-bond acceptors (Lipinski definition) is 4. The monoisotopic (exact) mass is 371 g/mol. The number of benzene rings is 2. The fraction of sp³-hybridized carbons (Fsp3) is 0.381. The Morgan fingerprint density at radius 1 is 1.00 bits per heavy atom. The van der Waals surface area contributed by atoms with Gasteiger partial charge in [-0.3, -0.25) is 4.99 Å². The predicted octanol–water partition coefficient (Wildman–Crippen LogP) is 2.89. The minimum absolute atomic E-state index is 0.524. The van der Waals surface area contributed by atoms with Crippen LogP contribution in [0.2, 0.25) is 0 Å². The number of ether oxygens (including phenoxy) is 3. The maximum Gasteiger partial charge on any atom is 0.191 e. The van der Waals surface area contributed by atoms with Crippen LogP contribution in [-0.2, 0) is 17.8 Å². The molecule has 2 rings (SSSR count). The molecule has 0 saturated heterocycles. The molecule has 0 aliphatic carbocycles. The molecule has 2 aromatic carbocycles. The Bertz CT molecular complexity index is 747. The second-order valence-electron chi connectivity index (χ2n) is 6.08. The lowest BCUT2D eigenvalue weighted by Crippen LogP contribution is -2.36. The normalized spacial score (nSPS) is 11.2. The summed E-state index contributed by atoms with van der Waals surface area (Å²) in [6.45, 7) is 4.40. The third kappa shape index (κ3) is 6.83. The summed E-state index contributed by atoms with van der Waals surface area (Å²) in [6.07, 6.45) is 0. The number of nitrogens with one attached hydrogen (secondary N) is 2. The second kappa shape index (κ2) is 11.1. The number of guanidine groups is 1. The van der Waals surface area contributed by atoms with Gasteiger partial charge in [0.05, 0.1) is 13.7 Å². The fourth-order valence-electron chi connectivity index (χ4n) is 2.54. The summed E-state index contributed by atoms with van der Waals surface area (Å²) in [6, 6.07) is 14.1. The number of hydrogen-bond donors (Lipinski definition) is 2. The molecule has 6 nitrogen and oxygen atoms in total. The Morgan fingerprint density at radius 2 is 1.81 bits per heavy atom. The van der Waals surface area contributed by atoms with E-state index in [0.717, 1.165) is 34.1 Å². The van der Waals surface area contributed by atoms with Gasteiger partial charge < -0.3 is 24.8 Å². The van der Waals surface area contributed by atoms with E-state index in [9.17, 15) is 0 Å². The van der Waals surface area contributed by atoms with Crippen LogP contribution in [0.15, 0.2) is 47.5 Å². The van der Waals surface area contributed by atoms with Crippen LogP contribution in [0, 0.1) is 6.92 Å². The van der Waals surface area contributed by atoms with Crippen LogP contribution in [-0.4, -0.2) is 40.4 Å². The molecule has 2 N–H and O–H groups in total. The Kier molecular flexibility index (Phi) is 8.45. The van der Waals surface area contributed by atoms with Crippen LogP contribution in [0.25, 0.3) is 0 Å². The number of nitrogens with zero attached hydrogens (tertiary/aromatic N) is 1. The van der Waals surface area contributed by atoms with Crippen molar-refractivity contribution in [1.82, 2.24) is 10.6 Å². The van der Waals surface area contributed by atoms with E-state index in [0.29, 0.717) is 26.3 Å². The molecule has 0 aliphatic rings. The van der Waals surface area contributed by atoms with Gasteiger partial charge >= 0.3 is 0 Å². The lowest BCUT2D eigenvalue weighted by atomic mass is 10.1. The molecule has 0 atom stereocenters. The van der Waals surface area contributed by atoms with Crippen molar-refractivity contribution >= 4 is 5.96 Å². The van der Waals surface area contributed by atoms with Crippen LogP contribution in [0.5, 0.6) is 11.5 Å². The van der Waals surface area contributed by atoms with Gasteiger partial charge in [0.25, 0.3) is 0 Å². The van der Waals surface area contributed by atoms with Crippen molar-refractivity contribution in [2.24, 2.45) is 4.99 Å². The summed E-state index contributed by atoms with van der Waals surface area (Å²) in [5, 5.41) is 6.64. The van der Waals surface area contributed by atoms with Gasteiger partial charge in [-0.05, 0) is 36.2 Å². The molecule has 0 heterocycles. The summed E-state index contributed by atoms with van der Waals surface area (Å²) in [4.78, 5) is 4.29. The highest BCUT2D eigenvalue weighted by atomic mass is 16.5. The highest BCUT2D eigenvalue weighted by molar-refractivity contribution is 5.79. The number of methoxy groups -OCH3 is 2. The van der Waals surface area contributed by atoms with E-state index in [1.807, 2.05) is 30.3 Å². The summed E-state index contributed by atoms with van der Waals surface area (Å²) >= 11 is 0. The van der Waals surface area contributed by atoms with Crippen molar-refractivity contribution < 1.29 is 14.2 Å². The Balaban J connectivity index is 1.93. The Morgan fingerprint density at radius 3 is 2.56 bits per heavy atom. The average Bonchev–Trinajstić information content (AvgIpc) is 2.69. The van der Waals surface area contributed by atoms with E-state index >= 15 is 0 Å². The van der Waals surface area contributed by atoms with Gasteiger partial charge in [-0.15, -0.1) is 0 Å². The lowest BCUT2D eigenvalue weighted by Gasteiger charge is -2.15. The van der Waals surface area contributed by atoms with Gasteiger partial charge in [0, 0.05) is 32.8 Å². The molecule has 2 aromatic rings. The maximum absolute atomic E-state index is 5.84. The molecule has 6 heteroatoms. The van der Waals surface area contributed by atoms with Gasteiger partial charge in [-0.1, -0.05) is 24.3 Å². The van der Waals surface area contributed by atoms with Crippen molar-refractivity contribution in [2.45, 2.75) is 20.0 Å². The van der Waals surface area contributed by atoms with Gasteiger partial charge in [0.15, 0.2) is 5.96 Å². The molecule has 0 radical (unpaired) electrons. The van der Waals surface area contributed by atoms with Crippen molar-refractivity contribution in [2.75, 3.05) is 34.5 Å². The number of aliphatic imine (C=N–C) groups is 1. The Hall–Kier alpha value is -2.73. The minimum Gasteiger partial charge on any atom is -0.497 e. The minimum atomic E-state index is 0.524. The van der Waals surface area contributed by atoms with Crippen LogP contribution in [0.4, 0.5) is 0 Å². The Labute approximate surface area is 161 Å². The molecule has 0 bridgehead atoms. The van der Waals surface area contributed by atoms with E-state index < -0.39 is 0 Å². The molecular formula is C21H29N3O3. The van der Waals surface area contributed by atoms with Gasteiger partial charge in [-0.25, -0.2) is 0 Å². The molecule has 0 saturated carbocycles. The van der Waals surface area contributed by atoms with Crippen molar-refractivity contribution in [1.29, 1.82) is 0 Å². The molecule has 0 aliphatic heterocycles. The zero-order valence-electron chi connectivity index (χ0n) is 16.5. The first-order chi connectivity index (χ1) is 13.2. The third-order valence-electron chi connectivity index (χ3n) is 4.03. The smallest absolute Gasteiger partial charge is 0.191 e. The summed E-state index contributed by atoms with van der Waals surface area (Å²) in [5.41, 5.74) is 3.35. The van der Waals surface area contributed by atoms with Crippen LogP contribution < -0.4 is 20.1 Å². The molecule has 0 fully saturated rings. The highest BCUT2D eigenvalue weighted by Crippen LogP contribution is 2.20. The van der Waals surface area contributed by atoms with E-state index in [2.05, 4.69) is 34.7 Å². The van der Waals surface area contributed by atoms with Gasteiger partial charge in [0.2, 0.25) is 0 Å². The molecule has 27 heavy (non-hydrogen) atoms. The molecular weight excluding hydrogens is 342 g/mol. The maximum atomic E-state index is 5.84. The zero-order valence-corrected chi connectivity index (χ0v) is 16.5. The van der Waals surface area contributed by atoms with Crippen LogP contribution in [0.3, 0.4) is 0 Å². The van der Waals surface area contributed by atoms with Gasteiger partial charge in [-0.2, -0.15) is 0 Å². The van der Waals surface area contributed by atoms with E-state index in [4.69, 9.17) is 14.2 Å². The van der Waals surface area contributed by atoms with Crippen LogP contribution in [0.1, 0.15) is 16.7 Å². The van der Waals surface area contributed by atoms with E-state index in [1.54, 1.807) is 21.3 Å². The van der Waals surface area contributed by atoms with Crippen molar-refractivity contribution in [3.8, 4) is 11.5 Å². The number of aryl methyl sites for hydroxylation is 1. The largest absolute Gasteiger partial charge is 0.497 e. The van der Waals surface area contributed by atoms with E-state index in [1.165, 1.54) is 0 Å². The molecule has 146 valence electrons. The zero-order chi connectivity index (χ0) is 19.5. The highest BCUT2D eigenvalue weighted by Gasteiger charge is 2.06. The molecule has 0 amide bonds. The fourth-order valence-corrected chi connectivity index (χ4v) is 2.54. The van der Waals surface area contributed by atoms with Crippen LogP contribution >= 0.6 is 0 Å². The average molecular weight is 371 g/mol. The quantitative estimate of drug-likeness (QED) is 0.403. The van der Waals surface area contributed by atoms with Crippen molar-refractivity contribution in [3.05, 3.63) is 59.2 Å². The predicted molar refractivity (Wildman–Crippen MR) is 109 cm³/mol. The third-order valence-corrected chi connectivity index (χ3v) is 4.03. The molecule has 0 spiro atoms. The second-order valence-corrected chi connectivity index (χ2v) is 6.08. The first kappa shape index (κ1) is 20.6. The summed E-state index contributed by atoms with van der Waals surface area (Å²) < 4.78 is 16.2. The summed E-state index contributed by atoms with van der Waals surface area (Å²) in [5.74, 6) is 2.43. The van der Waals surface area contributed by atoms with E-state index in [-0.39, 0.29) is 0 Å². The number of rotatable bonds is 9. The molecule has 0 unspecified atom stereocenters. The van der Waals surface area contributed by atoms with Gasteiger partial charge in [0.1, 0.15) is 18.1 Å². The SMILES string of the molecule is CN=C(NCc1cccc(OC)c1)NCc1ccc(C)cc1OCCOC. The molecule has 0 aromatic heterocycles. The first-order valence-electron chi connectivity index (χ1n) is 8.95. The topological polar surface area (TPSA) is 64.1 Å². The standard InChI is InChI=1S/C21H29N3O3/c1-16-8-9-18(20(12-16)27-11-10-25-3)15-24-21(22-2)23-14-17-6-5-7-19(13-17)26-4/h5-9,12-13H,10-11,14-15H2,1-4H3,(H2,22,23,24). The van der Waals surface area contributed by atoms with Crippen molar-refractivity contribution in [3.63, 3.8) is 0 Å².